The van der Waals surface area contributed by atoms with Crippen LogP contribution in [0.25, 0.3) is 11.1 Å². The van der Waals surface area contributed by atoms with Gasteiger partial charge < -0.3 is 14.7 Å². The van der Waals surface area contributed by atoms with E-state index in [1.807, 2.05) is 13.0 Å². The monoisotopic (exact) mass is 271 g/mol. The molecule has 0 aliphatic rings. The lowest BCUT2D eigenvalue weighted by atomic mass is 10.2. The number of para-hydroxylation sites is 1. The highest BCUT2D eigenvalue weighted by Gasteiger charge is 2.10. The van der Waals surface area contributed by atoms with E-state index in [0.29, 0.717) is 16.8 Å². The van der Waals surface area contributed by atoms with Crippen LogP contribution in [0.5, 0.6) is 0 Å². The molecule has 0 saturated heterocycles. The second-order valence-electron chi connectivity index (χ2n) is 4.61. The maximum atomic E-state index is 12.0. The number of anilines is 1. The molecule has 1 amide bonds. The molecule has 0 fully saturated rings. The van der Waals surface area contributed by atoms with Gasteiger partial charge in [0.05, 0.1) is 17.6 Å². The second kappa shape index (κ2) is 4.73. The topological polar surface area (TPSA) is 90.9 Å². The zero-order chi connectivity index (χ0) is 14.1. The number of amides is 1. The van der Waals surface area contributed by atoms with Crippen LogP contribution in [0.3, 0.4) is 0 Å². The summed E-state index contributed by atoms with van der Waals surface area (Å²) in [5.41, 5.74) is 3.31. The number of fused-ring (bicyclic) bond motifs is 1. The van der Waals surface area contributed by atoms with Crippen LogP contribution >= 0.6 is 0 Å². The highest BCUT2D eigenvalue weighted by Crippen LogP contribution is 2.20. The molecule has 3 N–H and O–H groups in total. The second-order valence-corrected chi connectivity index (χ2v) is 4.61. The van der Waals surface area contributed by atoms with Crippen LogP contribution in [0, 0.1) is 6.92 Å². The van der Waals surface area contributed by atoms with Crippen molar-refractivity contribution in [2.24, 2.45) is 0 Å². The number of H-pyrrole nitrogens is 2. The summed E-state index contributed by atoms with van der Waals surface area (Å²) in [5.74, 6) is -0.705. The molecule has 102 valence electrons. The van der Waals surface area contributed by atoms with Gasteiger partial charge in [-0.3, -0.25) is 9.78 Å². The zero-order valence-corrected chi connectivity index (χ0v) is 10.8. The molecule has 20 heavy (non-hydrogen) atoms. The molecule has 0 atom stereocenters. The van der Waals surface area contributed by atoms with Crippen LogP contribution in [-0.2, 0) is 11.2 Å². The number of oxazole rings is 1. The predicted molar refractivity (Wildman–Crippen MR) is 74.7 cm³/mol. The minimum atomic E-state index is -0.539. The highest BCUT2D eigenvalue weighted by molar-refractivity contribution is 5.99. The molecule has 0 unspecified atom stereocenters. The summed E-state index contributed by atoms with van der Waals surface area (Å²) in [4.78, 5) is 28.7. The van der Waals surface area contributed by atoms with Gasteiger partial charge in [0.15, 0.2) is 5.58 Å². The van der Waals surface area contributed by atoms with E-state index in [2.05, 4.69) is 15.3 Å². The number of aromatic nitrogens is 2. The number of hydrogen-bond donors (Lipinski definition) is 3. The van der Waals surface area contributed by atoms with Gasteiger partial charge in [0.25, 0.3) is 0 Å². The molecule has 0 bridgehead atoms. The molecule has 3 rings (SSSR count). The SMILES string of the molecule is Cc1cc(CC(=O)Nc2cccc3[nH]c(=O)oc23)c[nH]1. The van der Waals surface area contributed by atoms with Crippen LogP contribution in [0.2, 0.25) is 0 Å². The van der Waals surface area contributed by atoms with Gasteiger partial charge in [0.2, 0.25) is 5.91 Å². The summed E-state index contributed by atoms with van der Waals surface area (Å²) in [7, 11) is 0. The Morgan fingerprint density at radius 1 is 1.40 bits per heavy atom. The van der Waals surface area contributed by atoms with Crippen molar-refractivity contribution < 1.29 is 9.21 Å². The van der Waals surface area contributed by atoms with Crippen LogP contribution < -0.4 is 11.1 Å². The quantitative estimate of drug-likeness (QED) is 0.679. The molecule has 2 aromatic heterocycles. The van der Waals surface area contributed by atoms with E-state index in [-0.39, 0.29) is 12.3 Å². The molecular formula is C14H13N3O3. The van der Waals surface area contributed by atoms with Crippen molar-refractivity contribution in [3.63, 3.8) is 0 Å². The summed E-state index contributed by atoms with van der Waals surface area (Å²) >= 11 is 0. The molecule has 0 aliphatic carbocycles. The van der Waals surface area contributed by atoms with Gasteiger partial charge in [-0.2, -0.15) is 0 Å². The Bertz CT molecular complexity index is 825. The van der Waals surface area contributed by atoms with E-state index in [1.165, 1.54) is 0 Å². The molecule has 1 aromatic carbocycles. The molecule has 3 aromatic rings. The first kappa shape index (κ1) is 12.3. The van der Waals surface area contributed by atoms with Crippen molar-refractivity contribution in [3.8, 4) is 0 Å². The number of benzene rings is 1. The lowest BCUT2D eigenvalue weighted by Crippen LogP contribution is -2.14. The Morgan fingerprint density at radius 2 is 2.25 bits per heavy atom. The largest absolute Gasteiger partial charge is 0.417 e. The highest BCUT2D eigenvalue weighted by atomic mass is 16.4. The van der Waals surface area contributed by atoms with E-state index in [9.17, 15) is 9.59 Å². The van der Waals surface area contributed by atoms with Crippen molar-refractivity contribution in [1.29, 1.82) is 0 Å². The van der Waals surface area contributed by atoms with Gasteiger partial charge in [-0.25, -0.2) is 4.79 Å². The van der Waals surface area contributed by atoms with Crippen LogP contribution in [-0.4, -0.2) is 15.9 Å². The third kappa shape index (κ3) is 2.35. The third-order valence-corrected chi connectivity index (χ3v) is 2.97. The van der Waals surface area contributed by atoms with Gasteiger partial charge >= 0.3 is 5.76 Å². The minimum absolute atomic E-state index is 0.166. The zero-order valence-electron chi connectivity index (χ0n) is 10.8. The van der Waals surface area contributed by atoms with Gasteiger partial charge in [0, 0.05) is 11.9 Å². The lowest BCUT2D eigenvalue weighted by Gasteiger charge is -2.04. The number of rotatable bonds is 3. The van der Waals surface area contributed by atoms with E-state index >= 15 is 0 Å². The van der Waals surface area contributed by atoms with Crippen LogP contribution in [0.1, 0.15) is 11.3 Å². The van der Waals surface area contributed by atoms with Crippen LogP contribution in [0.15, 0.2) is 39.7 Å². The van der Waals surface area contributed by atoms with Gasteiger partial charge in [0.1, 0.15) is 0 Å². The third-order valence-electron chi connectivity index (χ3n) is 2.97. The minimum Gasteiger partial charge on any atom is -0.406 e. The summed E-state index contributed by atoms with van der Waals surface area (Å²) in [6, 6.07) is 7.06. The van der Waals surface area contributed by atoms with Crippen LogP contribution in [0.4, 0.5) is 5.69 Å². The number of carbonyl (C=O) groups is 1. The average Bonchev–Trinajstić information content (AvgIpc) is 2.95. The van der Waals surface area contributed by atoms with Gasteiger partial charge in [-0.1, -0.05) is 6.07 Å². The number of aromatic amines is 2. The molecular weight excluding hydrogens is 258 g/mol. The normalized spacial score (nSPS) is 10.8. The lowest BCUT2D eigenvalue weighted by molar-refractivity contribution is -0.115. The first-order valence-electron chi connectivity index (χ1n) is 6.17. The number of carbonyl (C=O) groups excluding carboxylic acids is 1. The predicted octanol–water partition coefficient (Wildman–Crippen LogP) is 1.94. The molecule has 2 heterocycles. The molecule has 0 saturated carbocycles. The molecule has 0 radical (unpaired) electrons. The Morgan fingerprint density at radius 3 is 3.00 bits per heavy atom. The van der Waals surface area contributed by atoms with Gasteiger partial charge in [-0.05, 0) is 30.7 Å². The van der Waals surface area contributed by atoms with Crippen molar-refractivity contribution in [2.45, 2.75) is 13.3 Å². The smallest absolute Gasteiger partial charge is 0.406 e. The van der Waals surface area contributed by atoms with Crippen molar-refractivity contribution in [1.82, 2.24) is 9.97 Å². The van der Waals surface area contributed by atoms with Crippen molar-refractivity contribution in [2.75, 3.05) is 5.32 Å². The standard InChI is InChI=1S/C14H13N3O3/c1-8-5-9(7-15-8)6-12(18)16-10-3-2-4-11-13(10)20-14(19)17-11/h2-5,7,15H,6H2,1H3,(H,16,18)(H,17,19). The Labute approximate surface area is 113 Å². The maximum absolute atomic E-state index is 12.0. The molecule has 0 spiro atoms. The Hall–Kier alpha value is -2.76. The van der Waals surface area contributed by atoms with E-state index < -0.39 is 5.76 Å². The maximum Gasteiger partial charge on any atom is 0.417 e. The Kier molecular flexibility index (Phi) is 2.90. The molecule has 0 aliphatic heterocycles. The first-order valence-corrected chi connectivity index (χ1v) is 6.17. The fraction of sp³-hybridized carbons (Fsp3) is 0.143. The molecule has 6 heteroatoms. The first-order chi connectivity index (χ1) is 9.61. The summed E-state index contributed by atoms with van der Waals surface area (Å²) in [6.45, 7) is 1.93. The Balaban J connectivity index is 1.82. The van der Waals surface area contributed by atoms with E-state index in [0.717, 1.165) is 11.3 Å². The van der Waals surface area contributed by atoms with E-state index in [4.69, 9.17) is 4.42 Å². The molecule has 6 nitrogen and oxygen atoms in total. The van der Waals surface area contributed by atoms with Crippen molar-refractivity contribution in [3.05, 3.63) is 52.3 Å². The summed E-state index contributed by atoms with van der Waals surface area (Å²) < 4.78 is 5.02. The number of nitrogens with one attached hydrogen (secondary N) is 3. The fourth-order valence-electron chi connectivity index (χ4n) is 2.12. The summed E-state index contributed by atoms with van der Waals surface area (Å²) in [6.07, 6.45) is 2.06. The summed E-state index contributed by atoms with van der Waals surface area (Å²) in [5, 5.41) is 2.75. The number of hydrogen-bond acceptors (Lipinski definition) is 3. The fourth-order valence-corrected chi connectivity index (χ4v) is 2.12. The van der Waals surface area contributed by atoms with E-state index in [1.54, 1.807) is 24.4 Å². The number of aryl methyl sites for hydroxylation is 1. The van der Waals surface area contributed by atoms with Crippen molar-refractivity contribution >= 4 is 22.7 Å². The average molecular weight is 271 g/mol. The van der Waals surface area contributed by atoms with Gasteiger partial charge in [-0.15, -0.1) is 0 Å².